The highest BCUT2D eigenvalue weighted by atomic mass is 32.1. The van der Waals surface area contributed by atoms with Crippen molar-refractivity contribution in [3.63, 3.8) is 0 Å². The molecule has 0 aliphatic rings. The van der Waals surface area contributed by atoms with Crippen LogP contribution in [0.15, 0.2) is 35.8 Å². The molecule has 2 aromatic rings. The zero-order valence-corrected chi connectivity index (χ0v) is 10.1. The quantitative estimate of drug-likeness (QED) is 0.817. The number of nitrogens with two attached hydrogens (primary N) is 1. The van der Waals surface area contributed by atoms with Crippen molar-refractivity contribution >= 4 is 34.2 Å². The van der Waals surface area contributed by atoms with E-state index < -0.39 is 0 Å². The second-order valence-electron chi connectivity index (χ2n) is 3.22. The lowest BCUT2D eigenvalue weighted by molar-refractivity contribution is 1.10. The second-order valence-corrected chi connectivity index (χ2v) is 4.64. The molecular weight excluding hydrogens is 238 g/mol. The SMILES string of the molecule is NC(=S)c1ccc(NCc2nccs2)cc1. The zero-order chi connectivity index (χ0) is 11.4. The van der Waals surface area contributed by atoms with Gasteiger partial charge in [0, 0.05) is 22.8 Å². The van der Waals surface area contributed by atoms with E-state index in [9.17, 15) is 0 Å². The van der Waals surface area contributed by atoms with Gasteiger partial charge < -0.3 is 11.1 Å². The van der Waals surface area contributed by atoms with Gasteiger partial charge in [-0.2, -0.15) is 0 Å². The maximum atomic E-state index is 5.52. The first-order chi connectivity index (χ1) is 7.75. The van der Waals surface area contributed by atoms with Crippen LogP contribution < -0.4 is 11.1 Å². The Morgan fingerprint density at radius 1 is 1.38 bits per heavy atom. The molecule has 0 saturated carbocycles. The number of benzene rings is 1. The van der Waals surface area contributed by atoms with Crippen molar-refractivity contribution in [2.45, 2.75) is 6.54 Å². The molecule has 5 heteroatoms. The van der Waals surface area contributed by atoms with E-state index in [2.05, 4.69) is 10.3 Å². The van der Waals surface area contributed by atoms with Gasteiger partial charge in [-0.1, -0.05) is 12.2 Å². The van der Waals surface area contributed by atoms with Crippen LogP contribution in [0.1, 0.15) is 10.6 Å². The largest absolute Gasteiger partial charge is 0.389 e. The van der Waals surface area contributed by atoms with Gasteiger partial charge in [0.2, 0.25) is 0 Å². The van der Waals surface area contributed by atoms with Crippen LogP contribution in [0.5, 0.6) is 0 Å². The Morgan fingerprint density at radius 2 is 2.12 bits per heavy atom. The van der Waals surface area contributed by atoms with E-state index >= 15 is 0 Å². The van der Waals surface area contributed by atoms with Crippen molar-refractivity contribution < 1.29 is 0 Å². The normalized spacial score (nSPS) is 10.0. The molecule has 0 saturated heterocycles. The van der Waals surface area contributed by atoms with Gasteiger partial charge in [0.25, 0.3) is 0 Å². The number of thiocarbonyl (C=S) groups is 1. The Morgan fingerprint density at radius 3 is 2.69 bits per heavy atom. The van der Waals surface area contributed by atoms with E-state index in [4.69, 9.17) is 18.0 Å². The van der Waals surface area contributed by atoms with Crippen molar-refractivity contribution in [1.29, 1.82) is 0 Å². The number of hydrogen-bond acceptors (Lipinski definition) is 4. The van der Waals surface area contributed by atoms with Gasteiger partial charge >= 0.3 is 0 Å². The summed E-state index contributed by atoms with van der Waals surface area (Å²) in [5, 5.41) is 6.31. The molecule has 0 atom stereocenters. The third kappa shape index (κ3) is 2.77. The van der Waals surface area contributed by atoms with Gasteiger partial charge in [-0.05, 0) is 24.3 Å². The van der Waals surface area contributed by atoms with Crippen LogP contribution in [0.25, 0.3) is 0 Å². The summed E-state index contributed by atoms with van der Waals surface area (Å²) in [6.45, 7) is 0.740. The van der Waals surface area contributed by atoms with Crippen LogP contribution in [0.2, 0.25) is 0 Å². The molecule has 0 aliphatic heterocycles. The lowest BCUT2D eigenvalue weighted by atomic mass is 10.2. The van der Waals surface area contributed by atoms with Crippen molar-refractivity contribution in [3.8, 4) is 0 Å². The highest BCUT2D eigenvalue weighted by Gasteiger charge is 1.98. The van der Waals surface area contributed by atoms with Crippen molar-refractivity contribution in [3.05, 3.63) is 46.4 Å². The third-order valence-electron chi connectivity index (χ3n) is 2.10. The maximum Gasteiger partial charge on any atom is 0.112 e. The molecule has 3 nitrogen and oxygen atoms in total. The molecule has 0 spiro atoms. The molecule has 0 unspecified atom stereocenters. The monoisotopic (exact) mass is 249 g/mol. The van der Waals surface area contributed by atoms with Gasteiger partial charge in [-0.25, -0.2) is 4.98 Å². The fraction of sp³-hybridized carbons (Fsp3) is 0.0909. The molecular formula is C11H11N3S2. The number of nitrogens with zero attached hydrogens (tertiary/aromatic N) is 1. The van der Waals surface area contributed by atoms with Gasteiger partial charge in [-0.3, -0.25) is 0 Å². The van der Waals surface area contributed by atoms with Gasteiger partial charge in [0.15, 0.2) is 0 Å². The summed E-state index contributed by atoms with van der Waals surface area (Å²) in [6.07, 6.45) is 1.80. The average Bonchev–Trinajstić information content (AvgIpc) is 2.80. The zero-order valence-electron chi connectivity index (χ0n) is 8.51. The van der Waals surface area contributed by atoms with E-state index in [-0.39, 0.29) is 0 Å². The number of rotatable bonds is 4. The fourth-order valence-corrected chi connectivity index (χ4v) is 1.96. The molecule has 1 heterocycles. The van der Waals surface area contributed by atoms with Crippen LogP contribution in [0.4, 0.5) is 5.69 Å². The highest BCUT2D eigenvalue weighted by molar-refractivity contribution is 7.80. The van der Waals surface area contributed by atoms with Crippen LogP contribution in [-0.2, 0) is 6.54 Å². The molecule has 0 bridgehead atoms. The van der Waals surface area contributed by atoms with Gasteiger partial charge in [0.1, 0.15) is 10.00 Å². The Labute approximate surface area is 103 Å². The van der Waals surface area contributed by atoms with Gasteiger partial charge in [-0.15, -0.1) is 11.3 Å². The maximum absolute atomic E-state index is 5.52. The third-order valence-corrected chi connectivity index (χ3v) is 3.11. The predicted octanol–water partition coefficient (Wildman–Crippen LogP) is 2.39. The predicted molar refractivity (Wildman–Crippen MR) is 71.8 cm³/mol. The molecule has 0 aliphatic carbocycles. The van der Waals surface area contributed by atoms with Gasteiger partial charge in [0.05, 0.1) is 6.54 Å². The molecule has 0 radical (unpaired) electrons. The van der Waals surface area contributed by atoms with Crippen molar-refractivity contribution in [2.75, 3.05) is 5.32 Å². The molecule has 82 valence electrons. The number of aromatic nitrogens is 1. The first-order valence-electron chi connectivity index (χ1n) is 4.78. The minimum Gasteiger partial charge on any atom is -0.389 e. The van der Waals surface area contributed by atoms with E-state index in [1.807, 2.05) is 29.6 Å². The summed E-state index contributed by atoms with van der Waals surface area (Å²) in [5.41, 5.74) is 7.44. The summed E-state index contributed by atoms with van der Waals surface area (Å²) in [5.74, 6) is 0. The highest BCUT2D eigenvalue weighted by Crippen LogP contribution is 2.12. The van der Waals surface area contributed by atoms with Crippen molar-refractivity contribution in [2.24, 2.45) is 5.73 Å². The average molecular weight is 249 g/mol. The molecule has 16 heavy (non-hydrogen) atoms. The van der Waals surface area contributed by atoms with E-state index in [1.54, 1.807) is 17.5 Å². The molecule has 3 N–H and O–H groups in total. The number of thiazole rings is 1. The second kappa shape index (κ2) is 5.05. The molecule has 0 amide bonds. The first-order valence-corrected chi connectivity index (χ1v) is 6.06. The van der Waals surface area contributed by atoms with E-state index in [1.165, 1.54) is 0 Å². The molecule has 2 rings (SSSR count). The number of nitrogens with one attached hydrogen (secondary N) is 1. The molecule has 1 aromatic heterocycles. The lowest BCUT2D eigenvalue weighted by Crippen LogP contribution is -2.09. The van der Waals surface area contributed by atoms with Crippen LogP contribution in [0, 0.1) is 0 Å². The Bertz CT molecular complexity index is 462. The summed E-state index contributed by atoms with van der Waals surface area (Å²) < 4.78 is 0. The Hall–Kier alpha value is -1.46. The Kier molecular flexibility index (Phi) is 3.48. The van der Waals surface area contributed by atoms with Crippen LogP contribution in [0.3, 0.4) is 0 Å². The molecule has 1 aromatic carbocycles. The minimum absolute atomic E-state index is 0.423. The van der Waals surface area contributed by atoms with E-state index in [0.29, 0.717) is 4.99 Å². The minimum atomic E-state index is 0.423. The number of hydrogen-bond donors (Lipinski definition) is 2. The summed E-state index contributed by atoms with van der Waals surface area (Å²) in [4.78, 5) is 4.61. The first kappa shape index (κ1) is 11.0. The van der Waals surface area contributed by atoms with E-state index in [0.717, 1.165) is 22.8 Å². The topological polar surface area (TPSA) is 50.9 Å². The lowest BCUT2D eigenvalue weighted by Gasteiger charge is -2.05. The van der Waals surface area contributed by atoms with Crippen LogP contribution >= 0.6 is 23.6 Å². The summed E-state index contributed by atoms with van der Waals surface area (Å²) in [7, 11) is 0. The number of anilines is 1. The fourth-order valence-electron chi connectivity index (χ4n) is 1.27. The standard InChI is InChI=1S/C11H11N3S2/c12-11(15)8-1-3-9(4-2-8)14-7-10-13-5-6-16-10/h1-6,14H,7H2,(H2,12,15). The van der Waals surface area contributed by atoms with Crippen molar-refractivity contribution in [1.82, 2.24) is 4.98 Å². The summed E-state index contributed by atoms with van der Waals surface area (Å²) >= 11 is 6.52. The smallest absolute Gasteiger partial charge is 0.112 e. The molecule has 0 fully saturated rings. The Balaban J connectivity index is 1.98. The summed E-state index contributed by atoms with van der Waals surface area (Å²) in [6, 6.07) is 7.74. The van der Waals surface area contributed by atoms with Crippen LogP contribution in [-0.4, -0.2) is 9.97 Å².